The number of aliphatic imine (C=N–C) groups is 1. The molecule has 0 radical (unpaired) electrons. The predicted molar refractivity (Wildman–Crippen MR) is 79.6 cm³/mol. The van der Waals surface area contributed by atoms with Gasteiger partial charge in [-0.3, -0.25) is 15.1 Å². The fourth-order valence-electron chi connectivity index (χ4n) is 1.68. The molecule has 2 heterocycles. The van der Waals surface area contributed by atoms with E-state index in [0.717, 1.165) is 0 Å². The fourth-order valence-corrected chi connectivity index (χ4v) is 1.68. The molecule has 0 bridgehead atoms. The summed E-state index contributed by atoms with van der Waals surface area (Å²) in [6.07, 6.45) is 5.10. The second-order valence-corrected chi connectivity index (χ2v) is 4.81. The molecule has 1 aliphatic heterocycles. The Kier molecular flexibility index (Phi) is 4.27. The number of fused-ring (bicyclic) bond motifs is 1. The molecule has 3 rings (SSSR count). The topological polar surface area (TPSA) is 77.6 Å². The van der Waals surface area contributed by atoms with Gasteiger partial charge in [0.1, 0.15) is 5.75 Å². The third kappa shape index (κ3) is 4.10. The third-order valence-electron chi connectivity index (χ3n) is 2.64. The number of hydrogen-bond donors (Lipinski definition) is 0. The Labute approximate surface area is 122 Å². The zero-order valence-corrected chi connectivity index (χ0v) is 11.8. The normalized spacial score (nSPS) is 14.2. The van der Waals surface area contributed by atoms with Gasteiger partial charge >= 0.3 is 0 Å². The molecule has 2 aromatic rings. The molecule has 1 aromatic carbocycles. The molecule has 1 aliphatic rings. The Bertz CT molecular complexity index is 628. The van der Waals surface area contributed by atoms with Crippen LogP contribution in [0.3, 0.4) is 0 Å². The van der Waals surface area contributed by atoms with Gasteiger partial charge in [-0.2, -0.15) is 0 Å². The van der Waals surface area contributed by atoms with E-state index in [9.17, 15) is 10.1 Å². The van der Waals surface area contributed by atoms with Gasteiger partial charge in [0.05, 0.1) is 4.92 Å². The van der Waals surface area contributed by atoms with E-state index in [2.05, 4.69) is 9.98 Å². The molecule has 0 fully saturated rings. The number of benzene rings is 1. The Morgan fingerprint density at radius 1 is 1.19 bits per heavy atom. The van der Waals surface area contributed by atoms with Crippen LogP contribution in [0.2, 0.25) is 0 Å². The van der Waals surface area contributed by atoms with Crippen LogP contribution in [0.5, 0.6) is 5.75 Å². The molecule has 6 heteroatoms. The first-order valence-electron chi connectivity index (χ1n) is 6.36. The number of aromatic nitrogens is 1. The van der Waals surface area contributed by atoms with Crippen molar-refractivity contribution in [2.75, 3.05) is 0 Å². The summed E-state index contributed by atoms with van der Waals surface area (Å²) in [5, 5.41) is 10.5. The van der Waals surface area contributed by atoms with Crippen molar-refractivity contribution in [3.63, 3.8) is 0 Å². The van der Waals surface area contributed by atoms with Crippen molar-refractivity contribution < 1.29 is 9.66 Å². The van der Waals surface area contributed by atoms with Crippen LogP contribution in [0, 0.1) is 10.1 Å². The Morgan fingerprint density at radius 2 is 1.90 bits per heavy atom. The summed E-state index contributed by atoms with van der Waals surface area (Å²) < 4.78 is 5.53. The van der Waals surface area contributed by atoms with Gasteiger partial charge < -0.3 is 4.74 Å². The minimum absolute atomic E-state index is 0.0449. The standard InChI is InChI=1S/C10H10N2O3.C5H5N/c1-10(2)11-6-7-5-8(12(13)14)3-4-9(7)15-10;1-2-4-6-5-3-1/h3-6H,1-2H3;1-5H. The summed E-state index contributed by atoms with van der Waals surface area (Å²) >= 11 is 0. The van der Waals surface area contributed by atoms with Gasteiger partial charge in [-0.15, -0.1) is 0 Å². The van der Waals surface area contributed by atoms with E-state index in [-0.39, 0.29) is 5.69 Å². The molecular weight excluding hydrogens is 270 g/mol. The zero-order chi connectivity index (χ0) is 15.3. The average Bonchev–Trinajstić information content (AvgIpc) is 2.48. The fraction of sp³-hybridized carbons (Fsp3) is 0.200. The molecule has 21 heavy (non-hydrogen) atoms. The lowest BCUT2D eigenvalue weighted by molar-refractivity contribution is -0.384. The maximum atomic E-state index is 10.5. The smallest absolute Gasteiger partial charge is 0.270 e. The first-order valence-corrected chi connectivity index (χ1v) is 6.36. The van der Waals surface area contributed by atoms with Crippen molar-refractivity contribution in [2.24, 2.45) is 4.99 Å². The minimum Gasteiger partial charge on any atom is -0.466 e. The second kappa shape index (κ2) is 6.13. The monoisotopic (exact) mass is 285 g/mol. The van der Waals surface area contributed by atoms with Crippen molar-refractivity contribution >= 4 is 11.9 Å². The van der Waals surface area contributed by atoms with Crippen molar-refractivity contribution in [3.8, 4) is 5.75 Å². The molecule has 108 valence electrons. The van der Waals surface area contributed by atoms with E-state index in [1.165, 1.54) is 12.1 Å². The SMILES string of the molecule is CC1(C)N=Cc2cc([N+](=O)[O-])ccc2O1.c1ccncc1. The summed E-state index contributed by atoms with van der Waals surface area (Å²) in [6.45, 7) is 3.65. The molecule has 0 saturated heterocycles. The van der Waals surface area contributed by atoms with Crippen LogP contribution >= 0.6 is 0 Å². The number of nitrogens with zero attached hydrogens (tertiary/aromatic N) is 3. The average molecular weight is 285 g/mol. The predicted octanol–water partition coefficient (Wildman–Crippen LogP) is 3.22. The van der Waals surface area contributed by atoms with Crippen LogP contribution in [0.4, 0.5) is 5.69 Å². The number of pyridine rings is 1. The summed E-state index contributed by atoms with van der Waals surface area (Å²) in [5.41, 5.74) is 0.0930. The highest BCUT2D eigenvalue weighted by Crippen LogP contribution is 2.29. The molecule has 0 spiro atoms. The lowest BCUT2D eigenvalue weighted by Crippen LogP contribution is -2.28. The van der Waals surface area contributed by atoms with Crippen LogP contribution in [0.15, 0.2) is 53.8 Å². The van der Waals surface area contributed by atoms with Crippen LogP contribution in [0.25, 0.3) is 0 Å². The highest BCUT2D eigenvalue weighted by Gasteiger charge is 2.24. The summed E-state index contributed by atoms with van der Waals surface area (Å²) in [5.74, 6) is 0.626. The number of rotatable bonds is 1. The van der Waals surface area contributed by atoms with Crippen molar-refractivity contribution in [2.45, 2.75) is 19.6 Å². The number of non-ortho nitro benzene ring substituents is 1. The molecule has 0 saturated carbocycles. The van der Waals surface area contributed by atoms with Gasteiger partial charge in [0, 0.05) is 36.3 Å². The molecule has 0 N–H and O–H groups in total. The third-order valence-corrected chi connectivity index (χ3v) is 2.64. The molecule has 0 aliphatic carbocycles. The summed E-state index contributed by atoms with van der Waals surface area (Å²) in [4.78, 5) is 18.0. The van der Waals surface area contributed by atoms with Gasteiger partial charge in [-0.1, -0.05) is 6.07 Å². The number of hydrogen-bond acceptors (Lipinski definition) is 5. The number of nitro groups is 1. The van der Waals surface area contributed by atoms with Crippen LogP contribution in [-0.2, 0) is 0 Å². The van der Waals surface area contributed by atoms with E-state index in [0.29, 0.717) is 11.3 Å². The summed E-state index contributed by atoms with van der Waals surface area (Å²) in [6, 6.07) is 10.2. The first-order chi connectivity index (χ1) is 9.98. The Balaban J connectivity index is 0.000000225. The van der Waals surface area contributed by atoms with E-state index in [1.54, 1.807) is 24.7 Å². The van der Waals surface area contributed by atoms with Gasteiger partial charge in [0.2, 0.25) is 0 Å². The Morgan fingerprint density at radius 3 is 2.43 bits per heavy atom. The van der Waals surface area contributed by atoms with E-state index in [4.69, 9.17) is 4.74 Å². The largest absolute Gasteiger partial charge is 0.466 e. The number of ether oxygens (including phenoxy) is 1. The highest BCUT2D eigenvalue weighted by molar-refractivity contribution is 5.85. The molecular formula is C15H15N3O3. The first kappa shape index (κ1) is 14.6. The van der Waals surface area contributed by atoms with E-state index >= 15 is 0 Å². The maximum Gasteiger partial charge on any atom is 0.270 e. The van der Waals surface area contributed by atoms with Crippen molar-refractivity contribution in [3.05, 3.63) is 64.5 Å². The van der Waals surface area contributed by atoms with Crippen LogP contribution < -0.4 is 4.74 Å². The van der Waals surface area contributed by atoms with Crippen LogP contribution in [-0.4, -0.2) is 21.8 Å². The second-order valence-electron chi connectivity index (χ2n) is 4.81. The number of nitro benzene ring substituents is 1. The van der Waals surface area contributed by atoms with Crippen molar-refractivity contribution in [1.29, 1.82) is 0 Å². The quantitative estimate of drug-likeness (QED) is 0.595. The minimum atomic E-state index is -0.594. The van der Waals surface area contributed by atoms with Gasteiger partial charge in [-0.05, 0) is 32.0 Å². The van der Waals surface area contributed by atoms with Crippen molar-refractivity contribution in [1.82, 2.24) is 4.98 Å². The highest BCUT2D eigenvalue weighted by atomic mass is 16.6. The van der Waals surface area contributed by atoms with Crippen LogP contribution in [0.1, 0.15) is 19.4 Å². The van der Waals surface area contributed by atoms with E-state index < -0.39 is 10.6 Å². The lowest BCUT2D eigenvalue weighted by Gasteiger charge is -2.26. The van der Waals surface area contributed by atoms with Gasteiger partial charge in [0.25, 0.3) is 5.69 Å². The molecule has 1 aromatic heterocycles. The molecule has 0 atom stereocenters. The molecule has 0 amide bonds. The Hall–Kier alpha value is -2.76. The van der Waals surface area contributed by atoms with E-state index in [1.807, 2.05) is 32.0 Å². The van der Waals surface area contributed by atoms with Gasteiger partial charge in [-0.25, -0.2) is 4.99 Å². The summed E-state index contributed by atoms with van der Waals surface area (Å²) in [7, 11) is 0. The zero-order valence-electron chi connectivity index (χ0n) is 11.8. The van der Waals surface area contributed by atoms with Gasteiger partial charge in [0.15, 0.2) is 5.72 Å². The molecule has 0 unspecified atom stereocenters. The maximum absolute atomic E-state index is 10.5. The molecule has 6 nitrogen and oxygen atoms in total. The lowest BCUT2D eigenvalue weighted by atomic mass is 10.1.